The molecule has 0 aliphatic heterocycles. The van der Waals surface area contributed by atoms with Crippen LogP contribution in [-0.4, -0.2) is 17.0 Å². The van der Waals surface area contributed by atoms with Crippen molar-refractivity contribution in [3.05, 3.63) is 65.0 Å². The number of carbonyl (C=O) groups is 2. The molecule has 0 aliphatic carbocycles. The molecule has 5 nitrogen and oxygen atoms in total. The van der Waals surface area contributed by atoms with Crippen molar-refractivity contribution in [1.29, 1.82) is 5.26 Å². The van der Waals surface area contributed by atoms with E-state index in [4.69, 9.17) is 10.4 Å². The fourth-order valence-electron chi connectivity index (χ4n) is 1.67. The summed E-state index contributed by atoms with van der Waals surface area (Å²) in [6, 6.07) is 11.2. The molecule has 0 bridgehead atoms. The average molecular weight is 284 g/mol. The number of carbonyl (C=O) groups excluding carboxylic acids is 1. The molecular formula is C15H9FN2O3. The summed E-state index contributed by atoms with van der Waals surface area (Å²) < 4.78 is 13.5. The normalized spacial score (nSPS) is 9.71. The van der Waals surface area contributed by atoms with Gasteiger partial charge >= 0.3 is 5.97 Å². The van der Waals surface area contributed by atoms with Crippen LogP contribution in [0.25, 0.3) is 0 Å². The smallest absolute Gasteiger partial charge is 0.338 e. The molecule has 0 unspecified atom stereocenters. The van der Waals surface area contributed by atoms with Gasteiger partial charge in [0.15, 0.2) is 0 Å². The number of rotatable bonds is 3. The number of anilines is 1. The minimum Gasteiger partial charge on any atom is -0.478 e. The first-order valence-corrected chi connectivity index (χ1v) is 5.85. The van der Waals surface area contributed by atoms with Crippen LogP contribution < -0.4 is 5.32 Å². The molecule has 104 valence electrons. The number of halogens is 1. The van der Waals surface area contributed by atoms with Crippen molar-refractivity contribution >= 4 is 17.6 Å². The van der Waals surface area contributed by atoms with Crippen LogP contribution in [-0.2, 0) is 0 Å². The molecule has 2 aromatic rings. The predicted molar refractivity (Wildman–Crippen MR) is 72.5 cm³/mol. The lowest BCUT2D eigenvalue weighted by molar-refractivity contribution is 0.0692. The van der Waals surface area contributed by atoms with Gasteiger partial charge in [0.25, 0.3) is 5.91 Å². The monoisotopic (exact) mass is 284 g/mol. The average Bonchev–Trinajstić information content (AvgIpc) is 2.47. The van der Waals surface area contributed by atoms with Gasteiger partial charge in [0.05, 0.1) is 17.2 Å². The molecular weight excluding hydrogens is 275 g/mol. The van der Waals surface area contributed by atoms with Crippen molar-refractivity contribution in [3.8, 4) is 6.07 Å². The second kappa shape index (κ2) is 5.84. The van der Waals surface area contributed by atoms with E-state index in [2.05, 4.69) is 5.32 Å². The lowest BCUT2D eigenvalue weighted by Gasteiger charge is -2.06. The lowest BCUT2D eigenvalue weighted by Crippen LogP contribution is -2.12. The summed E-state index contributed by atoms with van der Waals surface area (Å²) >= 11 is 0. The first-order chi connectivity index (χ1) is 10.0. The summed E-state index contributed by atoms with van der Waals surface area (Å²) in [4.78, 5) is 22.6. The van der Waals surface area contributed by atoms with Crippen molar-refractivity contribution in [1.82, 2.24) is 0 Å². The van der Waals surface area contributed by atoms with Gasteiger partial charge in [-0.1, -0.05) is 0 Å². The molecule has 0 saturated heterocycles. The molecule has 2 N–H and O–H groups in total. The molecule has 2 rings (SSSR count). The number of nitriles is 1. The molecule has 0 saturated carbocycles. The number of hydrogen-bond donors (Lipinski definition) is 2. The number of benzene rings is 2. The molecule has 0 radical (unpaired) electrons. The second-order valence-corrected chi connectivity index (χ2v) is 4.14. The van der Waals surface area contributed by atoms with E-state index in [-0.39, 0.29) is 5.69 Å². The van der Waals surface area contributed by atoms with E-state index < -0.39 is 23.3 Å². The highest BCUT2D eigenvalue weighted by atomic mass is 19.1. The van der Waals surface area contributed by atoms with Crippen molar-refractivity contribution in [2.24, 2.45) is 0 Å². The molecule has 1 amide bonds. The van der Waals surface area contributed by atoms with Crippen LogP contribution in [0, 0.1) is 17.1 Å². The zero-order chi connectivity index (χ0) is 15.4. The maximum absolute atomic E-state index is 13.5. The van der Waals surface area contributed by atoms with E-state index in [1.54, 1.807) is 0 Å². The van der Waals surface area contributed by atoms with E-state index in [1.165, 1.54) is 30.3 Å². The minimum absolute atomic E-state index is 0.145. The fourth-order valence-corrected chi connectivity index (χ4v) is 1.67. The number of aromatic carboxylic acids is 1. The Balaban J connectivity index is 2.17. The SMILES string of the molecule is N#Cc1ccc(C(=O)Nc2ccc(C(=O)O)c(F)c2)cc1. The molecule has 0 aliphatic rings. The molecule has 2 aromatic carbocycles. The first kappa shape index (κ1) is 14.2. The summed E-state index contributed by atoms with van der Waals surface area (Å²) in [5.74, 6) is -2.79. The van der Waals surface area contributed by atoms with Crippen LogP contribution in [0.15, 0.2) is 42.5 Å². The molecule has 21 heavy (non-hydrogen) atoms. The maximum Gasteiger partial charge on any atom is 0.338 e. The Bertz CT molecular complexity index is 749. The standard InChI is InChI=1S/C15H9FN2O3/c16-13-7-11(5-6-12(13)15(20)21)18-14(19)10-3-1-9(8-17)2-4-10/h1-7H,(H,18,19)(H,20,21). The molecule has 0 atom stereocenters. The Kier molecular flexibility index (Phi) is 3.95. The van der Waals surface area contributed by atoms with Gasteiger partial charge in [-0.25, -0.2) is 9.18 Å². The van der Waals surface area contributed by atoms with Gasteiger partial charge in [-0.15, -0.1) is 0 Å². The number of hydrogen-bond acceptors (Lipinski definition) is 3. The quantitative estimate of drug-likeness (QED) is 0.906. The van der Waals surface area contributed by atoms with E-state index in [9.17, 15) is 14.0 Å². The number of nitrogens with one attached hydrogen (secondary N) is 1. The number of carboxylic acids is 1. The third-order valence-corrected chi connectivity index (χ3v) is 2.73. The molecule has 0 spiro atoms. The van der Waals surface area contributed by atoms with E-state index in [1.807, 2.05) is 6.07 Å². The van der Waals surface area contributed by atoms with Gasteiger partial charge in [0.2, 0.25) is 0 Å². The van der Waals surface area contributed by atoms with Crippen LogP contribution in [0.5, 0.6) is 0 Å². The van der Waals surface area contributed by atoms with Gasteiger partial charge in [0.1, 0.15) is 5.82 Å². The zero-order valence-electron chi connectivity index (χ0n) is 10.6. The Morgan fingerprint density at radius 1 is 1.14 bits per heavy atom. The third kappa shape index (κ3) is 3.22. The number of carboxylic acid groups (broad SMARTS) is 1. The highest BCUT2D eigenvalue weighted by Crippen LogP contribution is 2.16. The molecule has 6 heteroatoms. The maximum atomic E-state index is 13.5. The van der Waals surface area contributed by atoms with Crippen molar-refractivity contribution in [2.45, 2.75) is 0 Å². The van der Waals surface area contributed by atoms with Crippen LogP contribution in [0.3, 0.4) is 0 Å². The highest BCUT2D eigenvalue weighted by Gasteiger charge is 2.12. The summed E-state index contributed by atoms with van der Waals surface area (Å²) in [6.07, 6.45) is 0. The van der Waals surface area contributed by atoms with Gasteiger partial charge in [-0.3, -0.25) is 4.79 Å². The van der Waals surface area contributed by atoms with Crippen LogP contribution >= 0.6 is 0 Å². The topological polar surface area (TPSA) is 90.2 Å². The van der Waals surface area contributed by atoms with Crippen LogP contribution in [0.2, 0.25) is 0 Å². The van der Waals surface area contributed by atoms with Gasteiger partial charge < -0.3 is 10.4 Å². The Morgan fingerprint density at radius 2 is 1.81 bits per heavy atom. The zero-order valence-corrected chi connectivity index (χ0v) is 10.6. The Labute approximate surface area is 119 Å². The van der Waals surface area contributed by atoms with Crippen molar-refractivity contribution in [3.63, 3.8) is 0 Å². The first-order valence-electron chi connectivity index (χ1n) is 5.85. The molecule has 0 fully saturated rings. The summed E-state index contributed by atoms with van der Waals surface area (Å²) in [6.45, 7) is 0. The van der Waals surface area contributed by atoms with Crippen molar-refractivity contribution < 1.29 is 19.1 Å². The summed E-state index contributed by atoms with van der Waals surface area (Å²) in [5.41, 5.74) is 0.401. The van der Waals surface area contributed by atoms with Crippen LogP contribution in [0.4, 0.5) is 10.1 Å². The van der Waals surface area contributed by atoms with Crippen LogP contribution in [0.1, 0.15) is 26.3 Å². The highest BCUT2D eigenvalue weighted by molar-refractivity contribution is 6.04. The third-order valence-electron chi connectivity index (χ3n) is 2.73. The van der Waals surface area contributed by atoms with E-state index in [0.29, 0.717) is 11.1 Å². The molecule has 0 heterocycles. The fraction of sp³-hybridized carbons (Fsp3) is 0. The number of nitrogens with zero attached hydrogens (tertiary/aromatic N) is 1. The minimum atomic E-state index is -1.38. The largest absolute Gasteiger partial charge is 0.478 e. The Hall–Kier alpha value is -3.20. The molecule has 0 aromatic heterocycles. The van der Waals surface area contributed by atoms with Gasteiger partial charge in [-0.05, 0) is 42.5 Å². The summed E-state index contributed by atoms with van der Waals surface area (Å²) in [5, 5.41) is 19.8. The second-order valence-electron chi connectivity index (χ2n) is 4.14. The lowest BCUT2D eigenvalue weighted by atomic mass is 10.1. The Morgan fingerprint density at radius 3 is 2.33 bits per heavy atom. The van der Waals surface area contributed by atoms with Crippen molar-refractivity contribution in [2.75, 3.05) is 5.32 Å². The van der Waals surface area contributed by atoms with E-state index in [0.717, 1.165) is 12.1 Å². The number of amides is 1. The van der Waals surface area contributed by atoms with E-state index >= 15 is 0 Å². The van der Waals surface area contributed by atoms with Gasteiger partial charge in [-0.2, -0.15) is 5.26 Å². The predicted octanol–water partition coefficient (Wildman–Crippen LogP) is 2.65. The summed E-state index contributed by atoms with van der Waals surface area (Å²) in [7, 11) is 0. The van der Waals surface area contributed by atoms with Gasteiger partial charge in [0, 0.05) is 11.3 Å².